The lowest BCUT2D eigenvalue weighted by Gasteiger charge is -2.12. The van der Waals surface area contributed by atoms with Gasteiger partial charge in [0.2, 0.25) is 5.95 Å². The molecule has 4 rings (SSSR count). The average molecular weight is 365 g/mol. The summed E-state index contributed by atoms with van der Waals surface area (Å²) in [4.78, 5) is 17.6. The predicted molar refractivity (Wildman–Crippen MR) is 110 cm³/mol. The van der Waals surface area contributed by atoms with Gasteiger partial charge >= 0.3 is 0 Å². The maximum Gasteiger partial charge on any atom is 0.267 e. The topological polar surface area (TPSA) is 83.1 Å². The Bertz CT molecular complexity index is 1250. The first-order valence-corrected chi connectivity index (χ1v) is 8.63. The summed E-state index contributed by atoms with van der Waals surface area (Å²) in [5.41, 5.74) is 5.40. The molecule has 0 bridgehead atoms. The van der Waals surface area contributed by atoms with Gasteiger partial charge in [-0.15, -0.1) is 0 Å². The Morgan fingerprint density at radius 3 is 2.43 bits per heavy atom. The molecule has 0 saturated heterocycles. The smallest absolute Gasteiger partial charge is 0.267 e. The molecule has 3 aromatic carbocycles. The third kappa shape index (κ3) is 3.37. The highest BCUT2D eigenvalue weighted by Crippen LogP contribution is 2.16. The van der Waals surface area contributed by atoms with Crippen molar-refractivity contribution in [1.82, 2.24) is 9.55 Å². The van der Waals surface area contributed by atoms with Crippen LogP contribution in [0.3, 0.4) is 0 Å². The third-order valence-corrected chi connectivity index (χ3v) is 4.21. The van der Waals surface area contributed by atoms with E-state index in [1.807, 2.05) is 42.5 Å². The number of fused-ring (bicyclic) bond motifs is 1. The van der Waals surface area contributed by atoms with Gasteiger partial charge in [0.15, 0.2) is 0 Å². The minimum atomic E-state index is -0.173. The first-order valence-electron chi connectivity index (χ1n) is 8.63. The van der Waals surface area contributed by atoms with Gasteiger partial charge in [0.05, 0.1) is 34.4 Å². The maximum atomic E-state index is 13.1. The van der Waals surface area contributed by atoms with Gasteiger partial charge in [0.25, 0.3) is 5.56 Å². The molecule has 0 aliphatic rings. The van der Waals surface area contributed by atoms with Crippen molar-refractivity contribution < 1.29 is 0 Å². The summed E-state index contributed by atoms with van der Waals surface area (Å²) in [5, 5.41) is 13.6. The van der Waals surface area contributed by atoms with Crippen LogP contribution in [0.4, 0.5) is 5.95 Å². The summed E-state index contributed by atoms with van der Waals surface area (Å²) in [7, 11) is 0. The fraction of sp³-hybridized carbons (Fsp3) is 0. The van der Waals surface area contributed by atoms with Gasteiger partial charge in [-0.05, 0) is 42.0 Å². The van der Waals surface area contributed by atoms with Crippen LogP contribution in [0.15, 0.2) is 88.8 Å². The molecule has 0 saturated carbocycles. The van der Waals surface area contributed by atoms with E-state index in [9.17, 15) is 4.79 Å². The Hall–Kier alpha value is -4.24. The Labute approximate surface area is 161 Å². The summed E-state index contributed by atoms with van der Waals surface area (Å²) in [6.07, 6.45) is 1.61. The highest BCUT2D eigenvalue weighted by molar-refractivity contribution is 5.81. The van der Waals surface area contributed by atoms with Gasteiger partial charge in [0, 0.05) is 0 Å². The zero-order chi connectivity index (χ0) is 19.3. The van der Waals surface area contributed by atoms with Gasteiger partial charge in [-0.2, -0.15) is 10.4 Å². The van der Waals surface area contributed by atoms with E-state index in [4.69, 9.17) is 5.26 Å². The lowest BCUT2D eigenvalue weighted by atomic mass is 10.2. The lowest BCUT2D eigenvalue weighted by molar-refractivity contribution is 0.956. The number of nitrogens with zero attached hydrogens (tertiary/aromatic N) is 4. The normalized spacial score (nSPS) is 10.8. The molecule has 0 amide bonds. The van der Waals surface area contributed by atoms with Crippen molar-refractivity contribution in [3.05, 3.63) is 100 Å². The number of nitrogens with one attached hydrogen (secondary N) is 1. The summed E-state index contributed by atoms with van der Waals surface area (Å²) in [6.45, 7) is 0. The van der Waals surface area contributed by atoms with Crippen molar-refractivity contribution in [2.24, 2.45) is 5.10 Å². The molecule has 0 radical (unpaired) electrons. The Morgan fingerprint density at radius 2 is 1.68 bits per heavy atom. The molecule has 1 N–H and O–H groups in total. The molecule has 4 aromatic rings. The minimum absolute atomic E-state index is 0.173. The third-order valence-electron chi connectivity index (χ3n) is 4.21. The molecule has 0 spiro atoms. The van der Waals surface area contributed by atoms with E-state index in [1.54, 1.807) is 42.6 Å². The maximum absolute atomic E-state index is 13.1. The highest BCUT2D eigenvalue weighted by Gasteiger charge is 2.11. The number of hydrazone groups is 1. The molecule has 1 heterocycles. The van der Waals surface area contributed by atoms with Crippen LogP contribution >= 0.6 is 0 Å². The van der Waals surface area contributed by atoms with Crippen LogP contribution in [0.5, 0.6) is 0 Å². The number of aromatic nitrogens is 2. The molecule has 6 nitrogen and oxygen atoms in total. The van der Waals surface area contributed by atoms with Crippen molar-refractivity contribution >= 4 is 23.1 Å². The van der Waals surface area contributed by atoms with Crippen molar-refractivity contribution in [2.45, 2.75) is 0 Å². The van der Waals surface area contributed by atoms with Gasteiger partial charge in [0.1, 0.15) is 0 Å². The second-order valence-electron chi connectivity index (χ2n) is 6.03. The molecule has 28 heavy (non-hydrogen) atoms. The molecule has 1 aromatic heterocycles. The van der Waals surface area contributed by atoms with E-state index >= 15 is 0 Å². The summed E-state index contributed by atoms with van der Waals surface area (Å²) >= 11 is 0. The minimum Gasteiger partial charge on any atom is -0.268 e. The lowest BCUT2D eigenvalue weighted by Crippen LogP contribution is -2.22. The first kappa shape index (κ1) is 17.2. The average Bonchev–Trinajstić information content (AvgIpc) is 2.75. The van der Waals surface area contributed by atoms with Crippen molar-refractivity contribution in [1.29, 1.82) is 5.26 Å². The number of hydrogen-bond acceptors (Lipinski definition) is 5. The molecule has 0 unspecified atom stereocenters. The number of para-hydroxylation sites is 2. The van der Waals surface area contributed by atoms with Crippen LogP contribution in [0.25, 0.3) is 16.6 Å². The Balaban J connectivity index is 1.76. The molecule has 0 aliphatic carbocycles. The fourth-order valence-electron chi connectivity index (χ4n) is 2.83. The van der Waals surface area contributed by atoms with E-state index < -0.39 is 0 Å². The SMILES string of the molecule is N#Cc1ccc(C=NNc2nc3ccccc3c(=O)n2-c2ccccc2)cc1. The van der Waals surface area contributed by atoms with Crippen molar-refractivity contribution in [2.75, 3.05) is 5.43 Å². The number of benzene rings is 3. The number of rotatable bonds is 4. The summed E-state index contributed by atoms with van der Waals surface area (Å²) in [6, 6.07) is 25.6. The van der Waals surface area contributed by atoms with Crippen LogP contribution in [0.1, 0.15) is 11.1 Å². The van der Waals surface area contributed by atoms with E-state index in [0.29, 0.717) is 28.1 Å². The second kappa shape index (κ2) is 7.56. The first-order chi connectivity index (χ1) is 13.8. The van der Waals surface area contributed by atoms with E-state index in [0.717, 1.165) is 5.56 Å². The second-order valence-corrected chi connectivity index (χ2v) is 6.03. The monoisotopic (exact) mass is 365 g/mol. The highest BCUT2D eigenvalue weighted by atomic mass is 16.1. The molecule has 6 heteroatoms. The molecular formula is C22H15N5O. The van der Waals surface area contributed by atoms with Gasteiger partial charge < -0.3 is 0 Å². The zero-order valence-corrected chi connectivity index (χ0v) is 14.8. The van der Waals surface area contributed by atoms with Crippen LogP contribution < -0.4 is 11.0 Å². The standard InChI is InChI=1S/C22H15N5O/c23-14-16-10-12-17(13-11-16)15-24-26-22-25-20-9-5-4-8-19(20)21(28)27(22)18-6-2-1-3-7-18/h1-13,15H,(H,25,26). The van der Waals surface area contributed by atoms with E-state index in [-0.39, 0.29) is 5.56 Å². The van der Waals surface area contributed by atoms with Crippen LogP contribution in [-0.2, 0) is 0 Å². The van der Waals surface area contributed by atoms with Crippen LogP contribution in [0.2, 0.25) is 0 Å². The van der Waals surface area contributed by atoms with E-state index in [1.165, 1.54) is 4.57 Å². The quantitative estimate of drug-likeness (QED) is 0.441. The molecular weight excluding hydrogens is 350 g/mol. The molecule has 0 atom stereocenters. The largest absolute Gasteiger partial charge is 0.268 e. The number of anilines is 1. The number of hydrogen-bond donors (Lipinski definition) is 1. The van der Waals surface area contributed by atoms with E-state index in [2.05, 4.69) is 21.6 Å². The molecule has 0 fully saturated rings. The van der Waals surface area contributed by atoms with Gasteiger partial charge in [-0.1, -0.05) is 42.5 Å². The Morgan fingerprint density at radius 1 is 0.964 bits per heavy atom. The molecule has 0 aliphatic heterocycles. The summed E-state index contributed by atoms with van der Waals surface area (Å²) in [5.74, 6) is 0.319. The van der Waals surface area contributed by atoms with Gasteiger partial charge in [-0.25, -0.2) is 15.0 Å². The van der Waals surface area contributed by atoms with Gasteiger partial charge in [-0.3, -0.25) is 4.79 Å². The van der Waals surface area contributed by atoms with Crippen LogP contribution in [0, 0.1) is 11.3 Å². The fourth-order valence-corrected chi connectivity index (χ4v) is 2.83. The number of nitriles is 1. The predicted octanol–water partition coefficient (Wildman–Crippen LogP) is 3.70. The molecule has 134 valence electrons. The van der Waals surface area contributed by atoms with Crippen LogP contribution in [-0.4, -0.2) is 15.8 Å². The van der Waals surface area contributed by atoms with Crippen molar-refractivity contribution in [3.8, 4) is 11.8 Å². The van der Waals surface area contributed by atoms with Crippen molar-refractivity contribution in [3.63, 3.8) is 0 Å². The zero-order valence-electron chi connectivity index (χ0n) is 14.8. The summed E-state index contributed by atoms with van der Waals surface area (Å²) < 4.78 is 1.50. The Kier molecular flexibility index (Phi) is 4.64.